The number of carbonyl (C=O) groups is 1. The first kappa shape index (κ1) is 11.0. The lowest BCUT2D eigenvalue weighted by molar-refractivity contribution is -0.380. The number of anilines is 1. The van der Waals surface area contributed by atoms with E-state index in [1.165, 1.54) is 6.20 Å². The third-order valence-corrected chi connectivity index (χ3v) is 3.60. The molecule has 0 aliphatic carbocycles. The molecule has 2 heterocycles. The maximum atomic E-state index is 10.9. The summed E-state index contributed by atoms with van der Waals surface area (Å²) in [5.74, 6) is 0. The molecule has 0 spiro atoms. The van der Waals surface area contributed by atoms with Gasteiger partial charge in [-0.2, -0.15) is 0 Å². The van der Waals surface area contributed by atoms with Gasteiger partial charge in [0.2, 0.25) is 0 Å². The molecule has 0 aromatic carbocycles. The van der Waals surface area contributed by atoms with E-state index < -0.39 is 4.92 Å². The van der Waals surface area contributed by atoms with Crippen molar-refractivity contribution in [2.24, 2.45) is 0 Å². The molecule has 0 bridgehead atoms. The molecule has 1 aliphatic rings. The highest BCUT2D eigenvalue weighted by Gasteiger charge is 2.25. The Balaban J connectivity index is 2.20. The smallest absolute Gasteiger partial charge is 0.338 e. The maximum absolute atomic E-state index is 10.9. The maximum Gasteiger partial charge on any atom is 0.345 e. The molecule has 1 aromatic rings. The van der Waals surface area contributed by atoms with Gasteiger partial charge in [0.25, 0.3) is 0 Å². The van der Waals surface area contributed by atoms with E-state index >= 15 is 0 Å². The van der Waals surface area contributed by atoms with Gasteiger partial charge in [0.15, 0.2) is 5.13 Å². The van der Waals surface area contributed by atoms with Gasteiger partial charge in [-0.15, -0.1) is 0 Å². The van der Waals surface area contributed by atoms with E-state index in [2.05, 4.69) is 4.98 Å². The van der Waals surface area contributed by atoms with Gasteiger partial charge >= 0.3 is 5.00 Å². The molecular formula is C9H11N3O3S. The fourth-order valence-corrected chi connectivity index (χ4v) is 2.63. The normalized spacial score (nSPS) is 20.8. The quantitative estimate of drug-likeness (QED) is 0.456. The second-order valence-electron chi connectivity index (χ2n) is 3.63. The molecule has 0 N–H and O–H groups in total. The molecular weight excluding hydrogens is 230 g/mol. The summed E-state index contributed by atoms with van der Waals surface area (Å²) in [4.78, 5) is 26.8. The van der Waals surface area contributed by atoms with E-state index in [-0.39, 0.29) is 11.0 Å². The lowest BCUT2D eigenvalue weighted by atomic mass is 10.0. The molecule has 16 heavy (non-hydrogen) atoms. The standard InChI is InChI=1S/C9H11N3O3S/c13-6-7-3-1-2-4-11(7)9-10-5-8(16-9)12(14)15/h5-7H,1-4H2. The fraction of sp³-hybridized carbons (Fsp3) is 0.556. The fourth-order valence-electron chi connectivity index (χ4n) is 1.81. The van der Waals surface area contributed by atoms with Crippen molar-refractivity contribution in [3.63, 3.8) is 0 Å². The summed E-state index contributed by atoms with van der Waals surface area (Å²) in [6.45, 7) is 0.744. The zero-order valence-corrected chi connectivity index (χ0v) is 9.35. The van der Waals surface area contributed by atoms with Crippen molar-refractivity contribution in [2.75, 3.05) is 11.4 Å². The molecule has 1 saturated heterocycles. The van der Waals surface area contributed by atoms with Crippen molar-refractivity contribution in [2.45, 2.75) is 25.3 Å². The summed E-state index contributed by atoms with van der Waals surface area (Å²) in [6, 6.07) is -0.181. The number of nitro groups is 1. The largest absolute Gasteiger partial charge is 0.345 e. The molecule has 1 aliphatic heterocycles. The summed E-state index contributed by atoms with van der Waals surface area (Å²) >= 11 is 1.02. The van der Waals surface area contributed by atoms with Crippen LogP contribution in [0.2, 0.25) is 0 Å². The van der Waals surface area contributed by atoms with E-state index in [9.17, 15) is 14.9 Å². The second-order valence-corrected chi connectivity index (χ2v) is 4.62. The Bertz CT molecular complexity index is 406. The second kappa shape index (κ2) is 4.56. The molecule has 1 aromatic heterocycles. The Morgan fingerprint density at radius 1 is 1.62 bits per heavy atom. The molecule has 7 heteroatoms. The van der Waals surface area contributed by atoms with E-state index in [1.54, 1.807) is 0 Å². The molecule has 0 radical (unpaired) electrons. The van der Waals surface area contributed by atoms with Gasteiger partial charge in [0, 0.05) is 6.54 Å². The minimum absolute atomic E-state index is 0.0187. The number of nitrogens with zero attached hydrogens (tertiary/aromatic N) is 3. The average molecular weight is 241 g/mol. The summed E-state index contributed by atoms with van der Waals surface area (Å²) in [5.41, 5.74) is 0. The van der Waals surface area contributed by atoms with Gasteiger partial charge < -0.3 is 9.69 Å². The van der Waals surface area contributed by atoms with Gasteiger partial charge in [-0.3, -0.25) is 10.1 Å². The monoisotopic (exact) mass is 241 g/mol. The van der Waals surface area contributed by atoms with Crippen LogP contribution in [0, 0.1) is 10.1 Å². The SMILES string of the molecule is O=CC1CCCCN1c1ncc([N+](=O)[O-])s1. The van der Waals surface area contributed by atoms with E-state index in [1.807, 2.05) is 4.90 Å². The lowest BCUT2D eigenvalue weighted by Crippen LogP contribution is -2.40. The first-order valence-electron chi connectivity index (χ1n) is 5.04. The number of thiazole rings is 1. The summed E-state index contributed by atoms with van der Waals surface area (Å²) in [7, 11) is 0. The van der Waals surface area contributed by atoms with Crippen molar-refractivity contribution in [1.82, 2.24) is 4.98 Å². The number of hydrogen-bond donors (Lipinski definition) is 0. The van der Waals surface area contributed by atoms with Gasteiger partial charge in [-0.05, 0) is 30.6 Å². The van der Waals surface area contributed by atoms with E-state index in [0.717, 1.165) is 43.4 Å². The van der Waals surface area contributed by atoms with Crippen molar-refractivity contribution < 1.29 is 9.72 Å². The number of hydrogen-bond acceptors (Lipinski definition) is 6. The van der Waals surface area contributed by atoms with Crippen LogP contribution in [0.15, 0.2) is 6.20 Å². The van der Waals surface area contributed by atoms with Crippen LogP contribution < -0.4 is 4.90 Å². The minimum atomic E-state index is -0.457. The molecule has 86 valence electrons. The predicted molar refractivity (Wildman–Crippen MR) is 59.8 cm³/mol. The van der Waals surface area contributed by atoms with Crippen molar-refractivity contribution in [3.05, 3.63) is 16.3 Å². The van der Waals surface area contributed by atoms with Gasteiger partial charge in [-0.1, -0.05) is 0 Å². The van der Waals surface area contributed by atoms with Crippen LogP contribution in [0.4, 0.5) is 10.1 Å². The number of carbonyl (C=O) groups excluding carboxylic acids is 1. The van der Waals surface area contributed by atoms with Crippen molar-refractivity contribution in [1.29, 1.82) is 0 Å². The van der Waals surface area contributed by atoms with Gasteiger partial charge in [0.05, 0.1) is 11.0 Å². The Morgan fingerprint density at radius 2 is 2.44 bits per heavy atom. The molecule has 0 amide bonds. The highest BCUT2D eigenvalue weighted by molar-refractivity contribution is 7.18. The molecule has 6 nitrogen and oxygen atoms in total. The summed E-state index contributed by atoms with van der Waals surface area (Å²) < 4.78 is 0. The van der Waals surface area contributed by atoms with Crippen molar-refractivity contribution in [3.8, 4) is 0 Å². The summed E-state index contributed by atoms with van der Waals surface area (Å²) in [6.07, 6.45) is 4.96. The van der Waals surface area contributed by atoms with Crippen LogP contribution in [-0.4, -0.2) is 28.8 Å². The molecule has 0 saturated carbocycles. The molecule has 2 rings (SSSR count). The van der Waals surface area contributed by atoms with Crippen LogP contribution in [0.25, 0.3) is 0 Å². The van der Waals surface area contributed by atoms with Crippen molar-refractivity contribution >= 4 is 27.8 Å². The van der Waals surface area contributed by atoms with Crippen LogP contribution in [0.1, 0.15) is 19.3 Å². The predicted octanol–water partition coefficient (Wildman–Crippen LogP) is 1.61. The van der Waals surface area contributed by atoms with Crippen LogP contribution in [0.5, 0.6) is 0 Å². The highest BCUT2D eigenvalue weighted by Crippen LogP contribution is 2.31. The number of piperidine rings is 1. The lowest BCUT2D eigenvalue weighted by Gasteiger charge is -2.31. The number of aromatic nitrogens is 1. The molecule has 1 unspecified atom stereocenters. The first-order chi connectivity index (χ1) is 7.72. The Hall–Kier alpha value is -1.50. The van der Waals surface area contributed by atoms with Gasteiger partial charge in [-0.25, -0.2) is 4.98 Å². The van der Waals surface area contributed by atoms with Gasteiger partial charge in [0.1, 0.15) is 12.5 Å². The Labute approximate surface area is 96.0 Å². The Morgan fingerprint density at radius 3 is 3.06 bits per heavy atom. The van der Waals surface area contributed by atoms with Crippen LogP contribution in [-0.2, 0) is 4.79 Å². The average Bonchev–Trinajstić information content (AvgIpc) is 2.78. The zero-order chi connectivity index (χ0) is 11.5. The number of rotatable bonds is 3. The van der Waals surface area contributed by atoms with Crippen LogP contribution in [0.3, 0.4) is 0 Å². The molecule has 1 atom stereocenters. The third kappa shape index (κ3) is 2.04. The topological polar surface area (TPSA) is 76.3 Å². The van der Waals surface area contributed by atoms with E-state index in [4.69, 9.17) is 0 Å². The molecule has 1 fully saturated rings. The third-order valence-electron chi connectivity index (χ3n) is 2.61. The Kier molecular flexibility index (Phi) is 3.14. The zero-order valence-electron chi connectivity index (χ0n) is 8.54. The first-order valence-corrected chi connectivity index (χ1v) is 5.86. The highest BCUT2D eigenvalue weighted by atomic mass is 32.1. The van der Waals surface area contributed by atoms with E-state index in [0.29, 0.717) is 5.13 Å². The minimum Gasteiger partial charge on any atom is -0.338 e. The van der Waals surface area contributed by atoms with Crippen LogP contribution >= 0.6 is 11.3 Å². The number of aldehydes is 1. The summed E-state index contributed by atoms with van der Waals surface area (Å²) in [5, 5.41) is 11.1.